The Balaban J connectivity index is 1.83. The second kappa shape index (κ2) is 7.77. The van der Waals surface area contributed by atoms with Gasteiger partial charge in [0.15, 0.2) is 0 Å². The zero-order chi connectivity index (χ0) is 16.8. The Hall–Kier alpha value is -2.62. The normalized spacial score (nSPS) is 16.2. The fraction of sp³-hybridized carbons (Fsp3) is 0.300. The van der Waals surface area contributed by atoms with Crippen LogP contribution in [0.25, 0.3) is 11.1 Å². The molecule has 3 aliphatic heterocycles. The molecule has 0 amide bonds. The number of rotatable bonds is 0. The monoisotopic (exact) mass is 324 g/mol. The summed E-state index contributed by atoms with van der Waals surface area (Å²) in [7, 11) is 0. The molecule has 0 atom stereocenters. The average molecular weight is 324 g/mol. The fourth-order valence-corrected chi connectivity index (χ4v) is 2.65. The minimum Gasteiger partial charge on any atom is -0.462 e. The molecule has 24 heavy (non-hydrogen) atoms. The van der Waals surface area contributed by atoms with Gasteiger partial charge in [-0.05, 0) is 61.1 Å². The molecule has 3 heterocycles. The van der Waals surface area contributed by atoms with Crippen LogP contribution in [0.5, 0.6) is 0 Å². The zero-order valence-corrected chi connectivity index (χ0v) is 13.5. The van der Waals surface area contributed by atoms with Gasteiger partial charge in [-0.1, -0.05) is 24.3 Å². The van der Waals surface area contributed by atoms with Crippen molar-refractivity contribution in [3.8, 4) is 11.1 Å². The van der Waals surface area contributed by atoms with Crippen molar-refractivity contribution in [3.05, 3.63) is 59.7 Å². The molecule has 0 saturated heterocycles. The first-order valence-corrected chi connectivity index (χ1v) is 8.29. The van der Waals surface area contributed by atoms with Crippen LogP contribution in [-0.4, -0.2) is 25.2 Å². The first kappa shape index (κ1) is 16.2. The molecule has 0 N–H and O–H groups in total. The number of benzene rings is 2. The minimum absolute atomic E-state index is 0.285. The van der Waals surface area contributed by atoms with E-state index in [0.717, 1.165) is 36.8 Å². The maximum Gasteiger partial charge on any atom is 0.338 e. The van der Waals surface area contributed by atoms with Gasteiger partial charge in [0.25, 0.3) is 0 Å². The van der Waals surface area contributed by atoms with E-state index in [0.29, 0.717) is 24.3 Å². The smallest absolute Gasteiger partial charge is 0.338 e. The maximum absolute atomic E-state index is 12.0. The Bertz CT molecular complexity index is 638. The first-order valence-electron chi connectivity index (χ1n) is 8.29. The topological polar surface area (TPSA) is 52.6 Å². The summed E-state index contributed by atoms with van der Waals surface area (Å²) in [6.07, 6.45) is 3.52. The van der Waals surface area contributed by atoms with Crippen molar-refractivity contribution in [3.63, 3.8) is 0 Å². The molecule has 0 aliphatic carbocycles. The number of hydrogen-bond acceptors (Lipinski definition) is 4. The first-order chi connectivity index (χ1) is 11.7. The highest BCUT2D eigenvalue weighted by molar-refractivity contribution is 5.91. The Morgan fingerprint density at radius 3 is 1.21 bits per heavy atom. The second-order valence-electron chi connectivity index (χ2n) is 5.84. The van der Waals surface area contributed by atoms with E-state index in [4.69, 9.17) is 9.47 Å². The highest BCUT2D eigenvalue weighted by Crippen LogP contribution is 2.21. The summed E-state index contributed by atoms with van der Waals surface area (Å²) in [6, 6.07) is 14.6. The Labute approximate surface area is 141 Å². The van der Waals surface area contributed by atoms with Crippen LogP contribution in [-0.2, 0) is 9.47 Å². The third-order valence-electron chi connectivity index (χ3n) is 4.08. The van der Waals surface area contributed by atoms with E-state index in [2.05, 4.69) is 0 Å². The second-order valence-corrected chi connectivity index (χ2v) is 5.84. The number of fused-ring (bicyclic) bond motifs is 2. The van der Waals surface area contributed by atoms with E-state index in [9.17, 15) is 9.59 Å². The molecule has 0 fully saturated rings. The SMILES string of the molecule is O=C1OCCCCCCOC(=O)c2ccc(cc2)-c2ccc1cc2. The van der Waals surface area contributed by atoms with E-state index >= 15 is 0 Å². The predicted molar refractivity (Wildman–Crippen MR) is 90.9 cm³/mol. The molecule has 4 heteroatoms. The summed E-state index contributed by atoms with van der Waals surface area (Å²) in [5, 5.41) is 0. The van der Waals surface area contributed by atoms with Crippen molar-refractivity contribution in [1.82, 2.24) is 0 Å². The van der Waals surface area contributed by atoms with Gasteiger partial charge < -0.3 is 9.47 Å². The molecule has 2 aromatic carbocycles. The number of hydrogen-bond donors (Lipinski definition) is 0. The summed E-state index contributed by atoms with van der Waals surface area (Å²) >= 11 is 0. The van der Waals surface area contributed by atoms with Crippen molar-refractivity contribution in [2.75, 3.05) is 13.2 Å². The van der Waals surface area contributed by atoms with Gasteiger partial charge in [0.05, 0.1) is 24.3 Å². The van der Waals surface area contributed by atoms with E-state index in [-0.39, 0.29) is 11.9 Å². The highest BCUT2D eigenvalue weighted by atomic mass is 16.5. The Morgan fingerprint density at radius 1 is 0.500 bits per heavy atom. The van der Waals surface area contributed by atoms with Crippen molar-refractivity contribution in [2.45, 2.75) is 25.7 Å². The number of carbonyl (C=O) groups is 2. The molecular weight excluding hydrogens is 304 g/mol. The van der Waals surface area contributed by atoms with E-state index in [1.54, 1.807) is 24.3 Å². The Kier molecular flexibility index (Phi) is 5.26. The van der Waals surface area contributed by atoms with Crippen LogP contribution < -0.4 is 0 Å². The molecule has 124 valence electrons. The van der Waals surface area contributed by atoms with E-state index < -0.39 is 0 Å². The van der Waals surface area contributed by atoms with Crippen molar-refractivity contribution in [1.29, 1.82) is 0 Å². The van der Waals surface area contributed by atoms with Crippen molar-refractivity contribution in [2.24, 2.45) is 0 Å². The van der Waals surface area contributed by atoms with Crippen molar-refractivity contribution >= 4 is 11.9 Å². The summed E-state index contributed by atoms with van der Waals surface area (Å²) < 4.78 is 10.6. The lowest BCUT2D eigenvalue weighted by atomic mass is 10.0. The van der Waals surface area contributed by atoms with Gasteiger partial charge >= 0.3 is 11.9 Å². The summed E-state index contributed by atoms with van der Waals surface area (Å²) in [5.74, 6) is -0.570. The van der Waals surface area contributed by atoms with E-state index in [1.807, 2.05) is 24.3 Å². The third-order valence-corrected chi connectivity index (χ3v) is 4.08. The van der Waals surface area contributed by atoms with Crippen LogP contribution in [0.1, 0.15) is 46.4 Å². The summed E-state index contributed by atoms with van der Waals surface area (Å²) in [5.41, 5.74) is 3.07. The van der Waals surface area contributed by atoms with Gasteiger partial charge in [-0.3, -0.25) is 0 Å². The van der Waals surface area contributed by atoms with Gasteiger partial charge in [-0.15, -0.1) is 0 Å². The zero-order valence-electron chi connectivity index (χ0n) is 13.5. The molecule has 0 aromatic heterocycles. The fourth-order valence-electron chi connectivity index (χ4n) is 2.65. The molecule has 0 spiro atoms. The van der Waals surface area contributed by atoms with Crippen LogP contribution >= 0.6 is 0 Å². The lowest BCUT2D eigenvalue weighted by Crippen LogP contribution is -2.08. The maximum atomic E-state index is 12.0. The predicted octanol–water partition coefficient (Wildman–Crippen LogP) is 4.24. The lowest BCUT2D eigenvalue weighted by molar-refractivity contribution is 0.0473. The lowest BCUT2D eigenvalue weighted by Gasteiger charge is -2.09. The average Bonchev–Trinajstić information content (AvgIpc) is 2.63. The van der Waals surface area contributed by atoms with Crippen LogP contribution in [0, 0.1) is 0 Å². The third kappa shape index (κ3) is 4.02. The molecule has 5 rings (SSSR count). The standard InChI is InChI=1S/C20H20O4/c21-19-17-9-5-15(6-10-17)16-7-11-18(12-8-16)20(22)24-14-4-2-1-3-13-23-19/h5-12H,1-4,13-14H2. The van der Waals surface area contributed by atoms with Crippen molar-refractivity contribution < 1.29 is 19.1 Å². The van der Waals surface area contributed by atoms with Crippen LogP contribution in [0.15, 0.2) is 48.5 Å². The van der Waals surface area contributed by atoms with Crippen LogP contribution in [0.2, 0.25) is 0 Å². The van der Waals surface area contributed by atoms with Crippen LogP contribution in [0.4, 0.5) is 0 Å². The molecule has 0 unspecified atom stereocenters. The van der Waals surface area contributed by atoms with Gasteiger partial charge in [0.1, 0.15) is 0 Å². The van der Waals surface area contributed by atoms with Gasteiger partial charge in [-0.25, -0.2) is 9.59 Å². The van der Waals surface area contributed by atoms with E-state index in [1.165, 1.54) is 0 Å². The number of esters is 2. The quantitative estimate of drug-likeness (QED) is 0.680. The summed E-state index contributed by atoms with van der Waals surface area (Å²) in [6.45, 7) is 0.836. The summed E-state index contributed by atoms with van der Waals surface area (Å²) in [4.78, 5) is 24.0. The number of ether oxygens (including phenoxy) is 2. The Morgan fingerprint density at radius 2 is 0.833 bits per heavy atom. The molecule has 3 aliphatic rings. The molecule has 4 nitrogen and oxygen atoms in total. The largest absolute Gasteiger partial charge is 0.462 e. The van der Waals surface area contributed by atoms with Gasteiger partial charge in [0, 0.05) is 0 Å². The molecule has 2 aromatic rings. The van der Waals surface area contributed by atoms with Gasteiger partial charge in [0.2, 0.25) is 0 Å². The van der Waals surface area contributed by atoms with Crippen LogP contribution in [0.3, 0.4) is 0 Å². The minimum atomic E-state index is -0.285. The highest BCUT2D eigenvalue weighted by Gasteiger charge is 2.10. The van der Waals surface area contributed by atoms with Gasteiger partial charge in [-0.2, -0.15) is 0 Å². The molecule has 0 saturated carbocycles. The molecule has 4 bridgehead atoms. The molecule has 0 radical (unpaired) electrons. The molecular formula is C20H20O4. The number of carbonyl (C=O) groups excluding carboxylic acids is 2.